The van der Waals surface area contributed by atoms with Gasteiger partial charge in [0.15, 0.2) is 0 Å². The number of carbonyl (C=O) groups is 1. The van der Waals surface area contributed by atoms with Crippen molar-refractivity contribution in [3.8, 4) is 11.3 Å². The molecule has 1 aromatic carbocycles. The minimum Gasteiger partial charge on any atom is -0.339 e. The third-order valence-electron chi connectivity index (χ3n) is 6.28. The van der Waals surface area contributed by atoms with E-state index in [1.807, 2.05) is 23.4 Å². The first-order chi connectivity index (χ1) is 15.8. The van der Waals surface area contributed by atoms with Crippen molar-refractivity contribution in [1.29, 1.82) is 0 Å². The van der Waals surface area contributed by atoms with Crippen molar-refractivity contribution in [3.63, 3.8) is 0 Å². The summed E-state index contributed by atoms with van der Waals surface area (Å²) in [7, 11) is 0. The van der Waals surface area contributed by atoms with Crippen molar-refractivity contribution in [1.82, 2.24) is 24.8 Å². The van der Waals surface area contributed by atoms with Crippen LogP contribution in [0.1, 0.15) is 35.2 Å². The summed E-state index contributed by atoms with van der Waals surface area (Å²) in [6.07, 6.45) is 14.6. The standard InChI is InChI=1S/C26H25N5O/c32-26(21-6-10-30-25(14-21)23-16-28-18-29-17-23)31-11-2-3-19(8-12-31)13-20-4-1-5-22-15-27-9-7-24(20)22/h1,4-7,9-10,14-19H,2-3,8,11-13H2/t19-/m1/s1. The molecule has 0 radical (unpaired) electrons. The maximum Gasteiger partial charge on any atom is 0.253 e. The van der Waals surface area contributed by atoms with E-state index >= 15 is 0 Å². The average molecular weight is 424 g/mol. The van der Waals surface area contributed by atoms with E-state index in [0.717, 1.165) is 50.0 Å². The van der Waals surface area contributed by atoms with Crippen molar-refractivity contribution >= 4 is 16.7 Å². The number of hydrogen-bond donors (Lipinski definition) is 0. The molecule has 160 valence electrons. The molecule has 4 heterocycles. The molecule has 0 bridgehead atoms. The summed E-state index contributed by atoms with van der Waals surface area (Å²) in [5, 5.41) is 2.47. The van der Waals surface area contributed by atoms with Crippen LogP contribution in [0.4, 0.5) is 0 Å². The first-order valence-corrected chi connectivity index (χ1v) is 11.1. The largest absolute Gasteiger partial charge is 0.339 e. The molecule has 4 aromatic rings. The highest BCUT2D eigenvalue weighted by Gasteiger charge is 2.22. The predicted octanol–water partition coefficient (Wildman–Crippen LogP) is 4.57. The molecule has 5 rings (SSSR count). The summed E-state index contributed by atoms with van der Waals surface area (Å²) < 4.78 is 0. The van der Waals surface area contributed by atoms with Crippen LogP contribution in [-0.2, 0) is 6.42 Å². The zero-order chi connectivity index (χ0) is 21.8. The molecule has 0 aliphatic carbocycles. The first kappa shape index (κ1) is 20.2. The molecule has 0 N–H and O–H groups in total. The lowest BCUT2D eigenvalue weighted by Crippen LogP contribution is -2.32. The maximum absolute atomic E-state index is 13.2. The molecule has 32 heavy (non-hydrogen) atoms. The summed E-state index contributed by atoms with van der Waals surface area (Å²) in [5.41, 5.74) is 3.57. The summed E-state index contributed by atoms with van der Waals surface area (Å²) in [6, 6.07) is 12.2. The molecule has 1 aliphatic heterocycles. The van der Waals surface area contributed by atoms with Crippen LogP contribution in [-0.4, -0.2) is 43.8 Å². The number of hydrogen-bond acceptors (Lipinski definition) is 5. The maximum atomic E-state index is 13.2. The molecule has 1 fully saturated rings. The van der Waals surface area contributed by atoms with Gasteiger partial charge in [-0.2, -0.15) is 0 Å². The second-order valence-corrected chi connectivity index (χ2v) is 8.36. The lowest BCUT2D eigenvalue weighted by atomic mass is 9.90. The molecule has 3 aromatic heterocycles. The van der Waals surface area contributed by atoms with Crippen LogP contribution >= 0.6 is 0 Å². The van der Waals surface area contributed by atoms with Gasteiger partial charge in [-0.25, -0.2) is 9.97 Å². The lowest BCUT2D eigenvalue weighted by Gasteiger charge is -2.21. The normalized spacial score (nSPS) is 16.6. The molecule has 0 saturated carbocycles. The Balaban J connectivity index is 1.28. The van der Waals surface area contributed by atoms with Gasteiger partial charge < -0.3 is 4.90 Å². The van der Waals surface area contributed by atoms with Crippen LogP contribution in [0, 0.1) is 5.92 Å². The van der Waals surface area contributed by atoms with Crippen molar-refractivity contribution in [2.75, 3.05) is 13.1 Å². The van der Waals surface area contributed by atoms with Gasteiger partial charge in [-0.05, 0) is 60.7 Å². The molecule has 1 aliphatic rings. The number of rotatable bonds is 4. The number of pyridine rings is 2. The molecular weight excluding hydrogens is 398 g/mol. The second-order valence-electron chi connectivity index (χ2n) is 8.36. The number of benzene rings is 1. The average Bonchev–Trinajstić information content (AvgIpc) is 3.10. The Bertz CT molecular complexity index is 1220. The van der Waals surface area contributed by atoms with E-state index in [4.69, 9.17) is 0 Å². The zero-order valence-corrected chi connectivity index (χ0v) is 17.9. The third kappa shape index (κ3) is 4.35. The highest BCUT2D eigenvalue weighted by atomic mass is 16.2. The highest BCUT2D eigenvalue weighted by molar-refractivity contribution is 5.95. The minimum absolute atomic E-state index is 0.0717. The van der Waals surface area contributed by atoms with Crippen LogP contribution in [0.2, 0.25) is 0 Å². The van der Waals surface area contributed by atoms with E-state index in [-0.39, 0.29) is 5.91 Å². The lowest BCUT2D eigenvalue weighted by molar-refractivity contribution is 0.0760. The summed E-state index contributed by atoms with van der Waals surface area (Å²) in [5.74, 6) is 0.642. The number of aromatic nitrogens is 4. The number of amides is 1. The van der Waals surface area contributed by atoms with E-state index in [0.29, 0.717) is 11.5 Å². The Hall–Kier alpha value is -3.67. The highest BCUT2D eigenvalue weighted by Crippen LogP contribution is 2.27. The molecule has 1 atom stereocenters. The molecule has 1 amide bonds. The molecule has 0 spiro atoms. The van der Waals surface area contributed by atoms with Crippen LogP contribution in [0.3, 0.4) is 0 Å². The van der Waals surface area contributed by atoms with Gasteiger partial charge in [-0.15, -0.1) is 0 Å². The van der Waals surface area contributed by atoms with Crippen LogP contribution in [0.15, 0.2) is 73.7 Å². The molecule has 0 unspecified atom stereocenters. The Morgan fingerprint density at radius 2 is 1.88 bits per heavy atom. The number of nitrogens with zero attached hydrogens (tertiary/aromatic N) is 5. The number of carbonyl (C=O) groups excluding carboxylic acids is 1. The van der Waals surface area contributed by atoms with Gasteiger partial charge in [0, 0.05) is 60.6 Å². The predicted molar refractivity (Wildman–Crippen MR) is 124 cm³/mol. The fourth-order valence-corrected chi connectivity index (χ4v) is 4.59. The van der Waals surface area contributed by atoms with Gasteiger partial charge in [0.25, 0.3) is 5.91 Å². The molecule has 6 nitrogen and oxygen atoms in total. The molecule has 6 heteroatoms. The Morgan fingerprint density at radius 1 is 0.969 bits per heavy atom. The number of likely N-dealkylation sites (tertiary alicyclic amines) is 1. The first-order valence-electron chi connectivity index (χ1n) is 11.1. The smallest absolute Gasteiger partial charge is 0.253 e. The quantitative estimate of drug-likeness (QED) is 0.481. The third-order valence-corrected chi connectivity index (χ3v) is 6.28. The fourth-order valence-electron chi connectivity index (χ4n) is 4.59. The summed E-state index contributed by atoms with van der Waals surface area (Å²) in [4.78, 5) is 32.0. The van der Waals surface area contributed by atoms with E-state index in [9.17, 15) is 4.79 Å². The minimum atomic E-state index is 0.0717. The van der Waals surface area contributed by atoms with Gasteiger partial charge in [0.2, 0.25) is 0 Å². The fraction of sp³-hybridized carbons (Fsp3) is 0.269. The Kier molecular flexibility index (Phi) is 5.83. The monoisotopic (exact) mass is 423 g/mol. The summed E-state index contributed by atoms with van der Waals surface area (Å²) >= 11 is 0. The van der Waals surface area contributed by atoms with E-state index in [1.165, 1.54) is 22.7 Å². The van der Waals surface area contributed by atoms with Crippen molar-refractivity contribution < 1.29 is 4.79 Å². The van der Waals surface area contributed by atoms with Crippen LogP contribution in [0.5, 0.6) is 0 Å². The van der Waals surface area contributed by atoms with Gasteiger partial charge >= 0.3 is 0 Å². The number of fused-ring (bicyclic) bond motifs is 1. The van der Waals surface area contributed by atoms with E-state index in [2.05, 4.69) is 44.2 Å². The molecular formula is C26H25N5O. The van der Waals surface area contributed by atoms with Gasteiger partial charge in [0.1, 0.15) is 6.33 Å². The van der Waals surface area contributed by atoms with Crippen LogP contribution < -0.4 is 0 Å². The SMILES string of the molecule is O=C(c1ccnc(-c2cncnc2)c1)N1CCC[C@@H](Cc2cccc3cnccc23)CC1. The molecule has 1 saturated heterocycles. The second kappa shape index (κ2) is 9.22. The van der Waals surface area contributed by atoms with E-state index in [1.54, 1.807) is 24.7 Å². The van der Waals surface area contributed by atoms with Gasteiger partial charge in [-0.1, -0.05) is 18.2 Å². The van der Waals surface area contributed by atoms with Crippen molar-refractivity contribution in [2.45, 2.75) is 25.7 Å². The van der Waals surface area contributed by atoms with Crippen molar-refractivity contribution in [2.24, 2.45) is 5.92 Å². The van der Waals surface area contributed by atoms with Gasteiger partial charge in [-0.3, -0.25) is 14.8 Å². The topological polar surface area (TPSA) is 71.9 Å². The zero-order valence-electron chi connectivity index (χ0n) is 17.9. The van der Waals surface area contributed by atoms with Crippen LogP contribution in [0.25, 0.3) is 22.0 Å². The Labute approximate surface area is 187 Å². The van der Waals surface area contributed by atoms with Gasteiger partial charge in [0.05, 0.1) is 5.69 Å². The Morgan fingerprint density at radius 3 is 2.78 bits per heavy atom. The van der Waals surface area contributed by atoms with E-state index < -0.39 is 0 Å². The summed E-state index contributed by atoms with van der Waals surface area (Å²) in [6.45, 7) is 1.57. The van der Waals surface area contributed by atoms with Crippen molar-refractivity contribution in [3.05, 3.63) is 84.8 Å².